The third kappa shape index (κ3) is 4.72. The van der Waals surface area contributed by atoms with Gasteiger partial charge in [0.1, 0.15) is 0 Å². The fourth-order valence-electron chi connectivity index (χ4n) is 3.06. The predicted molar refractivity (Wildman–Crippen MR) is 90.0 cm³/mol. The van der Waals surface area contributed by atoms with Crippen molar-refractivity contribution in [3.05, 3.63) is 29.8 Å². The van der Waals surface area contributed by atoms with Crippen molar-refractivity contribution >= 4 is 5.69 Å². The molecule has 0 amide bonds. The largest absolute Gasteiger partial charge is 0.381 e. The highest BCUT2D eigenvalue weighted by atomic mass is 16.5. The molecule has 21 heavy (non-hydrogen) atoms. The Labute approximate surface area is 129 Å². The highest BCUT2D eigenvalue weighted by Crippen LogP contribution is 2.30. The fraction of sp³-hybridized carbons (Fsp3) is 0.667. The van der Waals surface area contributed by atoms with Crippen LogP contribution in [0.1, 0.15) is 25.8 Å². The second-order valence-corrected chi connectivity index (χ2v) is 7.02. The van der Waals surface area contributed by atoms with Gasteiger partial charge in [-0.3, -0.25) is 0 Å². The van der Waals surface area contributed by atoms with Crippen LogP contribution in [0.15, 0.2) is 24.3 Å². The lowest BCUT2D eigenvalue weighted by atomic mass is 9.86. The first-order valence-corrected chi connectivity index (χ1v) is 8.07. The summed E-state index contributed by atoms with van der Waals surface area (Å²) in [6.45, 7) is 11.6. The zero-order valence-corrected chi connectivity index (χ0v) is 14.0. The number of hydrogen-bond acceptors (Lipinski definition) is 3. The minimum atomic E-state index is 0.243. The van der Waals surface area contributed by atoms with Gasteiger partial charge in [0.25, 0.3) is 0 Å². The molecule has 118 valence electrons. The lowest BCUT2D eigenvalue weighted by molar-refractivity contribution is 0.152. The first kappa shape index (κ1) is 16.3. The van der Waals surface area contributed by atoms with E-state index in [0.717, 1.165) is 39.3 Å². The van der Waals surface area contributed by atoms with Crippen LogP contribution in [0.2, 0.25) is 0 Å². The van der Waals surface area contributed by atoms with Gasteiger partial charge in [0.05, 0.1) is 6.61 Å². The Hall–Kier alpha value is -1.06. The topological polar surface area (TPSA) is 24.5 Å². The van der Waals surface area contributed by atoms with Gasteiger partial charge in [-0.05, 0) is 43.5 Å². The minimum Gasteiger partial charge on any atom is -0.381 e. The van der Waals surface area contributed by atoms with Crippen LogP contribution in [-0.2, 0) is 4.74 Å². The predicted octanol–water partition coefficient (Wildman–Crippen LogP) is 3.08. The van der Waals surface area contributed by atoms with Gasteiger partial charge in [-0.1, -0.05) is 26.0 Å². The molecule has 1 atom stereocenters. The molecule has 1 unspecified atom stereocenters. The number of nitrogens with one attached hydrogen (secondary N) is 1. The van der Waals surface area contributed by atoms with Gasteiger partial charge in [0, 0.05) is 37.8 Å². The van der Waals surface area contributed by atoms with E-state index in [0.29, 0.717) is 5.92 Å². The van der Waals surface area contributed by atoms with E-state index in [1.54, 1.807) is 0 Å². The van der Waals surface area contributed by atoms with Crippen molar-refractivity contribution in [1.82, 2.24) is 5.32 Å². The molecular formula is C18H30N2O. The Bertz CT molecular complexity index is 439. The molecule has 1 N–H and O–H groups in total. The van der Waals surface area contributed by atoms with E-state index in [1.165, 1.54) is 11.3 Å². The number of nitrogens with zero attached hydrogens (tertiary/aromatic N) is 1. The van der Waals surface area contributed by atoms with Crippen LogP contribution in [0.3, 0.4) is 0 Å². The van der Waals surface area contributed by atoms with Crippen LogP contribution in [-0.4, -0.2) is 39.9 Å². The molecule has 1 aliphatic rings. The van der Waals surface area contributed by atoms with Crippen molar-refractivity contribution in [3.63, 3.8) is 0 Å². The third-order valence-corrected chi connectivity index (χ3v) is 4.25. The zero-order valence-electron chi connectivity index (χ0n) is 14.0. The van der Waals surface area contributed by atoms with Gasteiger partial charge in [-0.2, -0.15) is 0 Å². The first-order chi connectivity index (χ1) is 10.0. The maximum atomic E-state index is 5.71. The zero-order chi connectivity index (χ0) is 15.3. The molecule has 1 aromatic carbocycles. The summed E-state index contributed by atoms with van der Waals surface area (Å²) in [5.41, 5.74) is 2.85. The van der Waals surface area contributed by atoms with E-state index in [4.69, 9.17) is 4.74 Å². The molecule has 2 rings (SSSR count). The highest BCUT2D eigenvalue weighted by Gasteiger charge is 2.35. The summed E-state index contributed by atoms with van der Waals surface area (Å²) < 4.78 is 5.71. The molecule has 0 radical (unpaired) electrons. The van der Waals surface area contributed by atoms with E-state index >= 15 is 0 Å². The number of aryl methyl sites for hydroxylation is 1. The lowest BCUT2D eigenvalue weighted by Crippen LogP contribution is -2.44. The van der Waals surface area contributed by atoms with Gasteiger partial charge in [-0.15, -0.1) is 0 Å². The van der Waals surface area contributed by atoms with Gasteiger partial charge in [0.15, 0.2) is 0 Å². The van der Waals surface area contributed by atoms with Crippen molar-refractivity contribution in [2.24, 2.45) is 11.3 Å². The lowest BCUT2D eigenvalue weighted by Gasteiger charge is -2.34. The normalized spacial score (nSPS) is 22.0. The molecule has 3 nitrogen and oxygen atoms in total. The number of anilines is 1. The monoisotopic (exact) mass is 290 g/mol. The molecule has 0 aromatic heterocycles. The Balaban J connectivity index is 1.98. The summed E-state index contributed by atoms with van der Waals surface area (Å²) in [5, 5.41) is 3.63. The number of ether oxygens (including phenoxy) is 1. The van der Waals surface area contributed by atoms with Gasteiger partial charge in [-0.25, -0.2) is 0 Å². The Morgan fingerprint density at radius 3 is 2.81 bits per heavy atom. The minimum absolute atomic E-state index is 0.243. The maximum absolute atomic E-state index is 5.71. The van der Waals surface area contributed by atoms with Crippen LogP contribution in [0.5, 0.6) is 0 Å². The Morgan fingerprint density at radius 2 is 2.19 bits per heavy atom. The molecule has 1 fully saturated rings. The van der Waals surface area contributed by atoms with Crippen LogP contribution in [0.4, 0.5) is 5.69 Å². The van der Waals surface area contributed by atoms with Crippen LogP contribution < -0.4 is 10.2 Å². The van der Waals surface area contributed by atoms with Gasteiger partial charge < -0.3 is 15.0 Å². The molecule has 0 spiro atoms. The summed E-state index contributed by atoms with van der Waals surface area (Å²) in [6.07, 6.45) is 1.15. The van der Waals surface area contributed by atoms with Crippen LogP contribution in [0.25, 0.3) is 0 Å². The van der Waals surface area contributed by atoms with Crippen molar-refractivity contribution < 1.29 is 4.74 Å². The summed E-state index contributed by atoms with van der Waals surface area (Å²) in [7, 11) is 2.19. The summed E-state index contributed by atoms with van der Waals surface area (Å²) in [4.78, 5) is 2.37. The number of hydrogen-bond donors (Lipinski definition) is 1. The third-order valence-electron chi connectivity index (χ3n) is 4.25. The Kier molecular flexibility index (Phi) is 5.65. The summed E-state index contributed by atoms with van der Waals surface area (Å²) in [5.74, 6) is 0.693. The van der Waals surface area contributed by atoms with E-state index in [-0.39, 0.29) is 5.41 Å². The van der Waals surface area contributed by atoms with Gasteiger partial charge in [0.2, 0.25) is 0 Å². The average molecular weight is 290 g/mol. The Morgan fingerprint density at radius 1 is 1.38 bits per heavy atom. The SMILES string of the molecule is Cc1cccc(N(C)CC2(CNCC(C)C)CCOC2)c1. The fourth-order valence-corrected chi connectivity index (χ4v) is 3.06. The molecule has 1 heterocycles. The summed E-state index contributed by atoms with van der Waals surface area (Å²) in [6, 6.07) is 8.73. The summed E-state index contributed by atoms with van der Waals surface area (Å²) >= 11 is 0. The second-order valence-electron chi connectivity index (χ2n) is 7.02. The molecule has 1 saturated heterocycles. The average Bonchev–Trinajstić information content (AvgIpc) is 2.87. The molecule has 1 aromatic rings. The van der Waals surface area contributed by atoms with E-state index in [2.05, 4.69) is 62.3 Å². The molecular weight excluding hydrogens is 260 g/mol. The van der Waals surface area contributed by atoms with E-state index < -0.39 is 0 Å². The van der Waals surface area contributed by atoms with Gasteiger partial charge >= 0.3 is 0 Å². The van der Waals surface area contributed by atoms with Crippen molar-refractivity contribution in [3.8, 4) is 0 Å². The highest BCUT2D eigenvalue weighted by molar-refractivity contribution is 5.47. The number of rotatable bonds is 7. The second kappa shape index (κ2) is 7.28. The number of benzene rings is 1. The molecule has 0 saturated carbocycles. The van der Waals surface area contributed by atoms with Crippen molar-refractivity contribution in [2.45, 2.75) is 27.2 Å². The van der Waals surface area contributed by atoms with Crippen molar-refractivity contribution in [2.75, 3.05) is 44.8 Å². The first-order valence-electron chi connectivity index (χ1n) is 8.07. The van der Waals surface area contributed by atoms with Crippen LogP contribution in [0, 0.1) is 18.3 Å². The van der Waals surface area contributed by atoms with Crippen molar-refractivity contribution in [1.29, 1.82) is 0 Å². The molecule has 3 heteroatoms. The molecule has 0 aliphatic carbocycles. The standard InChI is InChI=1S/C18H30N2O/c1-15(2)11-19-12-18(8-9-21-14-18)13-20(4)17-7-5-6-16(3)10-17/h5-7,10,15,19H,8-9,11-14H2,1-4H3. The van der Waals surface area contributed by atoms with Crippen LogP contribution >= 0.6 is 0 Å². The van der Waals surface area contributed by atoms with E-state index in [9.17, 15) is 0 Å². The molecule has 1 aliphatic heterocycles. The molecule has 0 bridgehead atoms. The smallest absolute Gasteiger partial charge is 0.0552 e. The maximum Gasteiger partial charge on any atom is 0.0552 e. The quantitative estimate of drug-likeness (QED) is 0.835. The van der Waals surface area contributed by atoms with E-state index in [1.807, 2.05) is 0 Å².